The van der Waals surface area contributed by atoms with Crippen molar-refractivity contribution in [2.45, 2.75) is 26.4 Å². The Morgan fingerprint density at radius 2 is 1.73 bits per heavy atom. The number of hydrogen-bond acceptors (Lipinski definition) is 6. The summed E-state index contributed by atoms with van der Waals surface area (Å²) in [6.07, 6.45) is 1.01. The SMILES string of the molecule is CCNC(=O)[C@H](C)N(Cc1ccccc1)C(=O)CN(c1cc(OC)ccc1OC)S(C)(=O)=O. The fraction of sp³-hybridized carbons (Fsp3) is 0.391. The van der Waals surface area contributed by atoms with E-state index in [4.69, 9.17) is 9.47 Å². The third-order valence-electron chi connectivity index (χ3n) is 5.05. The van der Waals surface area contributed by atoms with Crippen molar-refractivity contribution < 1.29 is 27.5 Å². The van der Waals surface area contributed by atoms with Crippen LogP contribution in [0.3, 0.4) is 0 Å². The molecule has 2 aromatic rings. The number of carbonyl (C=O) groups is 2. The minimum absolute atomic E-state index is 0.144. The Balaban J connectivity index is 2.46. The van der Waals surface area contributed by atoms with Crippen LogP contribution in [0.25, 0.3) is 0 Å². The molecule has 0 spiro atoms. The van der Waals surface area contributed by atoms with Crippen molar-refractivity contribution in [3.8, 4) is 11.5 Å². The average Bonchev–Trinajstić information content (AvgIpc) is 2.80. The molecule has 9 nitrogen and oxygen atoms in total. The molecular weight excluding hydrogens is 446 g/mol. The van der Waals surface area contributed by atoms with Crippen LogP contribution in [0.5, 0.6) is 11.5 Å². The standard InChI is InChI=1S/C23H31N3O6S/c1-6-24-23(28)17(2)25(15-18-10-8-7-9-11-18)22(27)16-26(33(5,29)30)20-14-19(31-3)12-13-21(20)32-4/h7-14,17H,6,15-16H2,1-5H3,(H,24,28)/t17-/m0/s1. The third-order valence-corrected chi connectivity index (χ3v) is 6.17. The molecule has 0 aromatic heterocycles. The zero-order valence-electron chi connectivity index (χ0n) is 19.6. The molecule has 0 heterocycles. The molecule has 0 bridgehead atoms. The number of amides is 2. The van der Waals surface area contributed by atoms with Gasteiger partial charge in [0.2, 0.25) is 21.8 Å². The van der Waals surface area contributed by atoms with E-state index in [0.29, 0.717) is 12.3 Å². The van der Waals surface area contributed by atoms with Gasteiger partial charge in [-0.3, -0.25) is 13.9 Å². The molecule has 1 atom stereocenters. The van der Waals surface area contributed by atoms with E-state index in [0.717, 1.165) is 16.1 Å². The number of methoxy groups -OCH3 is 2. The van der Waals surface area contributed by atoms with Crippen LogP contribution < -0.4 is 19.1 Å². The molecule has 0 aliphatic heterocycles. The Morgan fingerprint density at radius 1 is 1.06 bits per heavy atom. The lowest BCUT2D eigenvalue weighted by molar-refractivity contribution is -0.139. The highest BCUT2D eigenvalue weighted by molar-refractivity contribution is 7.92. The van der Waals surface area contributed by atoms with E-state index in [1.165, 1.54) is 25.2 Å². The number of benzene rings is 2. The Morgan fingerprint density at radius 3 is 2.27 bits per heavy atom. The van der Waals surface area contributed by atoms with Gasteiger partial charge in [-0.2, -0.15) is 0 Å². The van der Waals surface area contributed by atoms with Gasteiger partial charge in [0.15, 0.2) is 0 Å². The van der Waals surface area contributed by atoms with Gasteiger partial charge in [-0.15, -0.1) is 0 Å². The van der Waals surface area contributed by atoms with Crippen molar-refractivity contribution in [3.63, 3.8) is 0 Å². The normalized spacial score (nSPS) is 11.9. The maximum atomic E-state index is 13.5. The van der Waals surface area contributed by atoms with Gasteiger partial charge in [0.1, 0.15) is 24.1 Å². The smallest absolute Gasteiger partial charge is 0.244 e. The molecule has 180 valence electrons. The molecule has 0 unspecified atom stereocenters. The lowest BCUT2D eigenvalue weighted by atomic mass is 10.1. The highest BCUT2D eigenvalue weighted by atomic mass is 32.2. The maximum Gasteiger partial charge on any atom is 0.244 e. The van der Waals surface area contributed by atoms with Gasteiger partial charge in [-0.1, -0.05) is 30.3 Å². The van der Waals surface area contributed by atoms with Crippen molar-refractivity contribution >= 4 is 27.5 Å². The highest BCUT2D eigenvalue weighted by Crippen LogP contribution is 2.33. The number of sulfonamides is 1. The van der Waals surface area contributed by atoms with Gasteiger partial charge in [0.25, 0.3) is 0 Å². The molecule has 0 saturated carbocycles. The van der Waals surface area contributed by atoms with E-state index < -0.39 is 28.5 Å². The molecule has 0 fully saturated rings. The minimum Gasteiger partial charge on any atom is -0.497 e. The first-order valence-electron chi connectivity index (χ1n) is 10.4. The Kier molecular flexibility index (Phi) is 9.10. The Bertz CT molecular complexity index is 1060. The van der Waals surface area contributed by atoms with Crippen molar-refractivity contribution in [2.24, 2.45) is 0 Å². The predicted octanol–water partition coefficient (Wildman–Crippen LogP) is 2.02. The second-order valence-corrected chi connectivity index (χ2v) is 9.29. The first-order chi connectivity index (χ1) is 15.6. The number of nitrogens with one attached hydrogen (secondary N) is 1. The number of ether oxygens (including phenoxy) is 2. The number of rotatable bonds is 11. The first kappa shape index (κ1) is 26.0. The number of carbonyl (C=O) groups excluding carboxylic acids is 2. The molecule has 2 rings (SSSR count). The van der Waals surface area contributed by atoms with E-state index >= 15 is 0 Å². The van der Waals surface area contributed by atoms with E-state index in [-0.39, 0.29) is 23.9 Å². The van der Waals surface area contributed by atoms with Gasteiger partial charge >= 0.3 is 0 Å². The Labute approximate surface area is 195 Å². The fourth-order valence-corrected chi connectivity index (χ4v) is 4.12. The molecule has 0 radical (unpaired) electrons. The van der Waals surface area contributed by atoms with Crippen LogP contribution in [-0.4, -0.2) is 64.7 Å². The van der Waals surface area contributed by atoms with Gasteiger partial charge in [-0.25, -0.2) is 8.42 Å². The molecule has 0 aliphatic rings. The van der Waals surface area contributed by atoms with E-state index in [1.54, 1.807) is 26.0 Å². The van der Waals surface area contributed by atoms with E-state index in [1.807, 2.05) is 30.3 Å². The number of likely N-dealkylation sites (N-methyl/N-ethyl adjacent to an activating group) is 1. The summed E-state index contributed by atoms with van der Waals surface area (Å²) in [4.78, 5) is 27.4. The number of hydrogen-bond donors (Lipinski definition) is 1. The first-order valence-corrected chi connectivity index (χ1v) is 12.3. The summed E-state index contributed by atoms with van der Waals surface area (Å²) >= 11 is 0. The summed E-state index contributed by atoms with van der Waals surface area (Å²) in [6.45, 7) is 3.44. The van der Waals surface area contributed by atoms with Crippen molar-refractivity contribution in [3.05, 3.63) is 54.1 Å². The molecule has 10 heteroatoms. The maximum absolute atomic E-state index is 13.5. The van der Waals surface area contributed by atoms with Gasteiger partial charge in [0, 0.05) is 19.2 Å². The van der Waals surface area contributed by atoms with Gasteiger partial charge in [-0.05, 0) is 31.5 Å². The average molecular weight is 478 g/mol. The van der Waals surface area contributed by atoms with Gasteiger partial charge in [0.05, 0.1) is 26.2 Å². The van der Waals surface area contributed by atoms with Crippen LogP contribution in [0.1, 0.15) is 19.4 Å². The molecular formula is C23H31N3O6S. The summed E-state index contributed by atoms with van der Waals surface area (Å²) in [6, 6.07) is 13.1. The van der Waals surface area contributed by atoms with E-state index in [2.05, 4.69) is 5.32 Å². The summed E-state index contributed by atoms with van der Waals surface area (Å²) < 4.78 is 36.9. The minimum atomic E-state index is -3.88. The van der Waals surface area contributed by atoms with Crippen LogP contribution in [0.4, 0.5) is 5.69 Å². The lowest BCUT2D eigenvalue weighted by Gasteiger charge is -2.31. The van der Waals surface area contributed by atoms with Crippen LogP contribution >= 0.6 is 0 Å². The molecule has 1 N–H and O–H groups in total. The summed E-state index contributed by atoms with van der Waals surface area (Å²) in [5.41, 5.74) is 0.977. The summed E-state index contributed by atoms with van der Waals surface area (Å²) in [5.74, 6) is -0.191. The van der Waals surface area contributed by atoms with Crippen LogP contribution in [-0.2, 0) is 26.2 Å². The number of anilines is 1. The van der Waals surface area contributed by atoms with Crippen LogP contribution in [0.15, 0.2) is 48.5 Å². The van der Waals surface area contributed by atoms with E-state index in [9.17, 15) is 18.0 Å². The lowest BCUT2D eigenvalue weighted by Crippen LogP contribution is -2.51. The molecule has 0 aliphatic carbocycles. The second kappa shape index (κ2) is 11.6. The zero-order chi connectivity index (χ0) is 24.6. The van der Waals surface area contributed by atoms with Crippen molar-refractivity contribution in [1.29, 1.82) is 0 Å². The van der Waals surface area contributed by atoms with Crippen LogP contribution in [0.2, 0.25) is 0 Å². The molecule has 2 amide bonds. The fourth-order valence-electron chi connectivity index (χ4n) is 3.27. The highest BCUT2D eigenvalue weighted by Gasteiger charge is 2.31. The quantitative estimate of drug-likeness (QED) is 0.531. The third kappa shape index (κ3) is 6.85. The summed E-state index contributed by atoms with van der Waals surface area (Å²) in [5, 5.41) is 2.71. The Hall–Kier alpha value is -3.27. The topological polar surface area (TPSA) is 105 Å². The van der Waals surface area contributed by atoms with Crippen molar-refractivity contribution in [1.82, 2.24) is 10.2 Å². The molecule has 33 heavy (non-hydrogen) atoms. The second-order valence-electron chi connectivity index (χ2n) is 7.39. The van der Waals surface area contributed by atoms with Crippen LogP contribution in [0, 0.1) is 0 Å². The zero-order valence-corrected chi connectivity index (χ0v) is 20.4. The monoisotopic (exact) mass is 477 g/mol. The van der Waals surface area contributed by atoms with Gasteiger partial charge < -0.3 is 19.7 Å². The summed E-state index contributed by atoms with van der Waals surface area (Å²) in [7, 11) is -1.02. The number of nitrogens with zero attached hydrogens (tertiary/aromatic N) is 2. The predicted molar refractivity (Wildman–Crippen MR) is 127 cm³/mol. The molecule has 0 saturated heterocycles. The molecule has 2 aromatic carbocycles. The largest absolute Gasteiger partial charge is 0.497 e. The van der Waals surface area contributed by atoms with Crippen molar-refractivity contribution in [2.75, 3.05) is 37.9 Å².